The molecule has 1 atom stereocenters. The Morgan fingerprint density at radius 1 is 1.56 bits per heavy atom. The lowest BCUT2D eigenvalue weighted by Crippen LogP contribution is -2.47. The molecular weight excluding hydrogens is 284 g/mol. The van der Waals surface area contributed by atoms with E-state index < -0.39 is 13.0 Å². The fourth-order valence-corrected chi connectivity index (χ4v) is 1.49. The Morgan fingerprint density at radius 3 is 2.62 bits per heavy atom. The van der Waals surface area contributed by atoms with Crippen molar-refractivity contribution in [2.45, 2.75) is 38.7 Å². The van der Waals surface area contributed by atoms with Gasteiger partial charge in [0.2, 0.25) is 5.91 Å². The highest BCUT2D eigenvalue weighted by atomic mass is 79.9. The lowest BCUT2D eigenvalue weighted by Gasteiger charge is -2.27. The van der Waals surface area contributed by atoms with Gasteiger partial charge in [-0.2, -0.15) is 0 Å². The third-order valence-electron chi connectivity index (χ3n) is 2.23. The fourth-order valence-electron chi connectivity index (χ4n) is 0.953. The van der Waals surface area contributed by atoms with Crippen molar-refractivity contribution >= 4 is 21.8 Å². The molecule has 16 heavy (non-hydrogen) atoms. The number of carbonyl (C=O) groups excluding carboxylic acids is 1. The summed E-state index contributed by atoms with van der Waals surface area (Å²) < 4.78 is 28.0. The van der Waals surface area contributed by atoms with Crippen LogP contribution in [-0.4, -0.2) is 36.4 Å². The molecule has 0 fully saturated rings. The van der Waals surface area contributed by atoms with E-state index in [1.54, 1.807) is 0 Å². The average molecular weight is 302 g/mol. The number of nitrogens with one attached hydrogen (secondary N) is 1. The van der Waals surface area contributed by atoms with E-state index in [1.807, 2.05) is 13.8 Å². The van der Waals surface area contributed by atoms with E-state index in [2.05, 4.69) is 26.0 Å². The average Bonchev–Trinajstić information content (AvgIpc) is 2.24. The van der Waals surface area contributed by atoms with Gasteiger partial charge in [0.25, 0.3) is 6.43 Å². The first-order valence-corrected chi connectivity index (χ1v) is 6.28. The first kappa shape index (κ1) is 15.8. The summed E-state index contributed by atoms with van der Waals surface area (Å²) in [6.45, 7) is 3.30. The Morgan fingerprint density at radius 2 is 2.19 bits per heavy atom. The summed E-state index contributed by atoms with van der Waals surface area (Å²) in [6.07, 6.45) is -1.58. The van der Waals surface area contributed by atoms with Gasteiger partial charge in [0.1, 0.15) is 6.61 Å². The van der Waals surface area contributed by atoms with Crippen LogP contribution in [0.3, 0.4) is 0 Å². The van der Waals surface area contributed by atoms with E-state index in [-0.39, 0.29) is 24.5 Å². The summed E-state index contributed by atoms with van der Waals surface area (Å²) in [5.41, 5.74) is -0.292. The maximum Gasteiger partial charge on any atom is 0.261 e. The Labute approximate surface area is 103 Å². The lowest BCUT2D eigenvalue weighted by molar-refractivity contribution is -0.124. The Bertz CT molecular complexity index is 211. The highest BCUT2D eigenvalue weighted by molar-refractivity contribution is 9.09. The van der Waals surface area contributed by atoms with Crippen LogP contribution in [0.15, 0.2) is 0 Å². The molecule has 1 amide bonds. The number of rotatable bonds is 8. The molecule has 0 saturated carbocycles. The van der Waals surface area contributed by atoms with Crippen LogP contribution in [0.5, 0.6) is 0 Å². The first-order chi connectivity index (χ1) is 7.43. The Kier molecular flexibility index (Phi) is 7.83. The molecule has 0 aliphatic heterocycles. The molecule has 6 heteroatoms. The van der Waals surface area contributed by atoms with E-state index in [0.29, 0.717) is 5.33 Å². The minimum absolute atomic E-state index is 0.0260. The number of alkyl halides is 3. The predicted octanol–water partition coefficient (Wildman–Crippen LogP) is 2.34. The van der Waals surface area contributed by atoms with Crippen LogP contribution in [0.4, 0.5) is 8.78 Å². The van der Waals surface area contributed by atoms with Gasteiger partial charge in [0, 0.05) is 17.3 Å². The zero-order chi connectivity index (χ0) is 12.6. The van der Waals surface area contributed by atoms with Crippen molar-refractivity contribution in [1.82, 2.24) is 5.32 Å². The van der Waals surface area contributed by atoms with Gasteiger partial charge in [-0.05, 0) is 13.3 Å². The van der Waals surface area contributed by atoms with Crippen LogP contribution in [-0.2, 0) is 9.53 Å². The molecule has 3 nitrogen and oxygen atoms in total. The molecule has 0 radical (unpaired) electrons. The number of hydrogen-bond acceptors (Lipinski definition) is 2. The summed E-state index contributed by atoms with van der Waals surface area (Å²) in [7, 11) is 0. The van der Waals surface area contributed by atoms with Gasteiger partial charge in [-0.15, -0.1) is 0 Å². The molecule has 96 valence electrons. The molecule has 0 saturated heterocycles. The van der Waals surface area contributed by atoms with E-state index in [1.165, 1.54) is 0 Å². The Balaban J connectivity index is 3.73. The minimum atomic E-state index is -2.48. The van der Waals surface area contributed by atoms with Gasteiger partial charge >= 0.3 is 0 Å². The van der Waals surface area contributed by atoms with Crippen LogP contribution < -0.4 is 5.32 Å². The van der Waals surface area contributed by atoms with Crippen LogP contribution in [0.2, 0.25) is 0 Å². The van der Waals surface area contributed by atoms with E-state index in [4.69, 9.17) is 0 Å². The van der Waals surface area contributed by atoms with E-state index in [0.717, 1.165) is 6.42 Å². The monoisotopic (exact) mass is 301 g/mol. The zero-order valence-electron chi connectivity index (χ0n) is 9.56. The summed E-state index contributed by atoms with van der Waals surface area (Å²) in [5, 5.41) is 3.48. The smallest absolute Gasteiger partial charge is 0.261 e. The number of halogens is 3. The molecule has 1 N–H and O–H groups in total. The van der Waals surface area contributed by atoms with Crippen LogP contribution in [0.25, 0.3) is 0 Å². The third-order valence-corrected chi connectivity index (χ3v) is 3.47. The molecule has 1 unspecified atom stereocenters. The maximum atomic E-state index is 11.7. The largest absolute Gasteiger partial charge is 0.375 e. The van der Waals surface area contributed by atoms with Crippen LogP contribution >= 0.6 is 15.9 Å². The van der Waals surface area contributed by atoms with Crippen molar-refractivity contribution < 1.29 is 18.3 Å². The summed E-state index contributed by atoms with van der Waals surface area (Å²) in [4.78, 5) is 11.4. The standard InChI is InChI=1S/C10H18BrF2NO2/c1-3-10(2,7-11)14-9(15)4-5-16-6-8(12)13/h8H,3-7H2,1-2H3,(H,14,15). The van der Waals surface area contributed by atoms with Crippen molar-refractivity contribution in [3.8, 4) is 0 Å². The molecule has 0 heterocycles. The highest BCUT2D eigenvalue weighted by Crippen LogP contribution is 2.12. The molecule has 0 aliphatic rings. The molecule has 0 bridgehead atoms. The van der Waals surface area contributed by atoms with Crippen molar-refractivity contribution in [2.24, 2.45) is 0 Å². The van der Waals surface area contributed by atoms with Gasteiger partial charge in [0.05, 0.1) is 6.61 Å². The van der Waals surface area contributed by atoms with Crippen LogP contribution in [0, 0.1) is 0 Å². The fraction of sp³-hybridized carbons (Fsp3) is 0.900. The van der Waals surface area contributed by atoms with Crippen molar-refractivity contribution in [2.75, 3.05) is 18.5 Å². The summed E-state index contributed by atoms with van der Waals surface area (Å²) in [6, 6.07) is 0. The van der Waals surface area contributed by atoms with Crippen molar-refractivity contribution in [3.63, 3.8) is 0 Å². The van der Waals surface area contributed by atoms with Gasteiger partial charge < -0.3 is 10.1 Å². The molecule has 0 aliphatic carbocycles. The molecule has 0 aromatic rings. The normalized spacial score (nSPS) is 14.9. The Hall–Kier alpha value is -0.230. The second-order valence-corrected chi connectivity index (χ2v) is 4.37. The number of ether oxygens (including phenoxy) is 1. The van der Waals surface area contributed by atoms with E-state index in [9.17, 15) is 13.6 Å². The number of carbonyl (C=O) groups is 1. The van der Waals surface area contributed by atoms with Crippen molar-refractivity contribution in [3.05, 3.63) is 0 Å². The quantitative estimate of drug-likeness (QED) is 0.552. The molecule has 0 rings (SSSR count). The van der Waals surface area contributed by atoms with Gasteiger partial charge in [0.15, 0.2) is 0 Å². The zero-order valence-corrected chi connectivity index (χ0v) is 11.1. The first-order valence-electron chi connectivity index (χ1n) is 5.16. The molecule has 0 aromatic heterocycles. The van der Waals surface area contributed by atoms with Gasteiger partial charge in [-0.25, -0.2) is 8.78 Å². The van der Waals surface area contributed by atoms with Crippen molar-refractivity contribution in [1.29, 1.82) is 0 Å². The highest BCUT2D eigenvalue weighted by Gasteiger charge is 2.22. The SMILES string of the molecule is CCC(C)(CBr)NC(=O)CCOCC(F)F. The van der Waals surface area contributed by atoms with Gasteiger partial charge in [-0.1, -0.05) is 22.9 Å². The molecular formula is C10H18BrF2NO2. The van der Waals surface area contributed by atoms with E-state index >= 15 is 0 Å². The second kappa shape index (κ2) is 7.95. The van der Waals surface area contributed by atoms with Crippen LogP contribution in [0.1, 0.15) is 26.7 Å². The third kappa shape index (κ3) is 7.11. The summed E-state index contributed by atoms with van der Waals surface area (Å²) >= 11 is 3.32. The lowest BCUT2D eigenvalue weighted by atomic mass is 10.0. The summed E-state index contributed by atoms with van der Waals surface area (Å²) in [5.74, 6) is -0.182. The minimum Gasteiger partial charge on any atom is -0.375 e. The second-order valence-electron chi connectivity index (χ2n) is 3.81. The number of amides is 1. The number of hydrogen-bond donors (Lipinski definition) is 1. The van der Waals surface area contributed by atoms with Gasteiger partial charge in [-0.3, -0.25) is 4.79 Å². The predicted molar refractivity (Wildman–Crippen MR) is 62.1 cm³/mol. The maximum absolute atomic E-state index is 11.7. The topological polar surface area (TPSA) is 38.3 Å². The molecule has 0 aromatic carbocycles. The molecule has 0 spiro atoms.